The summed E-state index contributed by atoms with van der Waals surface area (Å²) in [6, 6.07) is 0.352. The van der Waals surface area contributed by atoms with Crippen LogP contribution in [0, 0.1) is 5.41 Å². The molecule has 6 heteroatoms. The molecule has 0 bridgehead atoms. The summed E-state index contributed by atoms with van der Waals surface area (Å²) in [5.41, 5.74) is 0.167. The molecule has 0 atom stereocenters. The van der Waals surface area contributed by atoms with Gasteiger partial charge in [0, 0.05) is 20.6 Å². The van der Waals surface area contributed by atoms with Crippen molar-refractivity contribution in [3.8, 4) is 6.01 Å². The zero-order valence-electron chi connectivity index (χ0n) is 13.0. The van der Waals surface area contributed by atoms with Gasteiger partial charge < -0.3 is 15.0 Å². The molecule has 108 valence electrons. The van der Waals surface area contributed by atoms with Crippen molar-refractivity contribution in [3.63, 3.8) is 0 Å². The quantitative estimate of drug-likeness (QED) is 0.882. The van der Waals surface area contributed by atoms with Crippen LogP contribution in [0.5, 0.6) is 6.01 Å². The van der Waals surface area contributed by atoms with E-state index in [2.05, 4.69) is 41.0 Å². The van der Waals surface area contributed by atoms with E-state index in [0.29, 0.717) is 17.9 Å². The Morgan fingerprint density at radius 2 is 1.84 bits per heavy atom. The molecule has 0 radical (unpaired) electrons. The number of nitrogens with zero attached hydrogens (tertiary/aromatic N) is 4. The second-order valence-corrected chi connectivity index (χ2v) is 6.07. The molecule has 1 aromatic heterocycles. The van der Waals surface area contributed by atoms with Gasteiger partial charge in [-0.3, -0.25) is 0 Å². The lowest BCUT2D eigenvalue weighted by atomic mass is 9.96. The van der Waals surface area contributed by atoms with Crippen molar-refractivity contribution >= 4 is 11.9 Å². The SMILES string of the molecule is CNc1nc(OC(C)C)nc(N(C)CC(C)(C)C)n1. The van der Waals surface area contributed by atoms with Crippen LogP contribution in [0.2, 0.25) is 0 Å². The minimum atomic E-state index is 0.0351. The van der Waals surface area contributed by atoms with Crippen molar-refractivity contribution in [2.75, 3.05) is 30.9 Å². The number of hydrogen-bond donors (Lipinski definition) is 1. The maximum absolute atomic E-state index is 5.55. The number of nitrogens with one attached hydrogen (secondary N) is 1. The normalized spacial score (nSPS) is 11.6. The highest BCUT2D eigenvalue weighted by Crippen LogP contribution is 2.20. The largest absolute Gasteiger partial charge is 0.461 e. The molecule has 0 aliphatic heterocycles. The van der Waals surface area contributed by atoms with E-state index in [0.717, 1.165) is 6.54 Å². The van der Waals surface area contributed by atoms with Gasteiger partial charge in [-0.15, -0.1) is 0 Å². The Morgan fingerprint density at radius 3 is 2.32 bits per heavy atom. The Balaban J connectivity index is 2.99. The summed E-state index contributed by atoms with van der Waals surface area (Å²) in [6.07, 6.45) is 0.0351. The topological polar surface area (TPSA) is 63.2 Å². The first-order chi connectivity index (χ1) is 8.71. The van der Waals surface area contributed by atoms with Crippen LogP contribution in [-0.4, -0.2) is 41.7 Å². The third-order valence-electron chi connectivity index (χ3n) is 2.22. The standard InChI is InChI=1S/C13H25N5O/c1-9(2)19-12-16-10(14-6)15-11(17-12)18(7)8-13(3,4)5/h9H,8H2,1-7H3,(H,14,15,16,17). The minimum Gasteiger partial charge on any atom is -0.461 e. The summed E-state index contributed by atoms with van der Waals surface area (Å²) in [7, 11) is 3.75. The lowest BCUT2D eigenvalue weighted by Crippen LogP contribution is -2.31. The Bertz CT molecular complexity index is 414. The van der Waals surface area contributed by atoms with E-state index < -0.39 is 0 Å². The molecular formula is C13H25N5O. The second-order valence-electron chi connectivity index (χ2n) is 6.07. The van der Waals surface area contributed by atoms with Gasteiger partial charge in [0.05, 0.1) is 6.10 Å². The monoisotopic (exact) mass is 267 g/mol. The van der Waals surface area contributed by atoms with E-state index in [1.807, 2.05) is 25.8 Å². The van der Waals surface area contributed by atoms with Gasteiger partial charge in [-0.2, -0.15) is 15.0 Å². The fraction of sp³-hybridized carbons (Fsp3) is 0.769. The van der Waals surface area contributed by atoms with Gasteiger partial charge >= 0.3 is 6.01 Å². The van der Waals surface area contributed by atoms with E-state index >= 15 is 0 Å². The molecule has 6 nitrogen and oxygen atoms in total. The zero-order valence-corrected chi connectivity index (χ0v) is 13.0. The number of ether oxygens (including phenoxy) is 1. The third-order valence-corrected chi connectivity index (χ3v) is 2.22. The second kappa shape index (κ2) is 6.04. The molecule has 1 rings (SSSR count). The van der Waals surface area contributed by atoms with Crippen LogP contribution in [0.25, 0.3) is 0 Å². The van der Waals surface area contributed by atoms with Crippen LogP contribution in [0.1, 0.15) is 34.6 Å². The van der Waals surface area contributed by atoms with E-state index in [4.69, 9.17) is 4.74 Å². The summed E-state index contributed by atoms with van der Waals surface area (Å²) < 4.78 is 5.55. The van der Waals surface area contributed by atoms with E-state index in [1.165, 1.54) is 0 Å². The van der Waals surface area contributed by atoms with Crippen molar-refractivity contribution in [1.29, 1.82) is 0 Å². The number of rotatable bonds is 5. The van der Waals surface area contributed by atoms with Gasteiger partial charge in [-0.25, -0.2) is 0 Å². The van der Waals surface area contributed by atoms with Gasteiger partial charge in [0.2, 0.25) is 11.9 Å². The Labute approximate surface area is 115 Å². The predicted molar refractivity (Wildman–Crippen MR) is 77.9 cm³/mol. The molecule has 0 amide bonds. The van der Waals surface area contributed by atoms with Crippen molar-refractivity contribution in [1.82, 2.24) is 15.0 Å². The highest BCUT2D eigenvalue weighted by Gasteiger charge is 2.17. The van der Waals surface area contributed by atoms with Crippen LogP contribution < -0.4 is 15.0 Å². The zero-order chi connectivity index (χ0) is 14.6. The molecule has 1 aromatic rings. The molecule has 0 aromatic carbocycles. The van der Waals surface area contributed by atoms with E-state index in [9.17, 15) is 0 Å². The van der Waals surface area contributed by atoms with Gasteiger partial charge in [0.1, 0.15) is 0 Å². The lowest BCUT2D eigenvalue weighted by Gasteiger charge is -2.26. The molecule has 0 spiro atoms. The Kier molecular flexibility index (Phi) is 4.91. The maximum atomic E-state index is 5.55. The summed E-state index contributed by atoms with van der Waals surface area (Å²) in [5.74, 6) is 1.13. The third kappa shape index (κ3) is 5.28. The molecular weight excluding hydrogens is 242 g/mol. The molecule has 0 saturated carbocycles. The maximum Gasteiger partial charge on any atom is 0.323 e. The van der Waals surface area contributed by atoms with E-state index in [-0.39, 0.29) is 11.5 Å². The summed E-state index contributed by atoms with van der Waals surface area (Å²) in [4.78, 5) is 14.9. The Hall–Kier alpha value is -1.59. The smallest absolute Gasteiger partial charge is 0.323 e. The summed E-state index contributed by atoms with van der Waals surface area (Å²) >= 11 is 0. The molecule has 0 aliphatic carbocycles. The molecule has 1 N–H and O–H groups in total. The predicted octanol–water partition coefficient (Wildman–Crippen LogP) is 2.18. The van der Waals surface area contributed by atoms with Crippen LogP contribution in [0.15, 0.2) is 0 Å². The van der Waals surface area contributed by atoms with Crippen molar-refractivity contribution in [3.05, 3.63) is 0 Å². The summed E-state index contributed by atoms with van der Waals surface area (Å²) in [6.45, 7) is 11.3. The minimum absolute atomic E-state index is 0.0351. The molecule has 0 unspecified atom stereocenters. The highest BCUT2D eigenvalue weighted by molar-refractivity contribution is 5.37. The molecule has 19 heavy (non-hydrogen) atoms. The fourth-order valence-corrected chi connectivity index (χ4v) is 1.67. The van der Waals surface area contributed by atoms with Crippen LogP contribution in [0.4, 0.5) is 11.9 Å². The first kappa shape index (κ1) is 15.5. The Morgan fingerprint density at radius 1 is 1.21 bits per heavy atom. The molecule has 0 fully saturated rings. The van der Waals surface area contributed by atoms with Gasteiger partial charge in [-0.05, 0) is 19.3 Å². The van der Waals surface area contributed by atoms with Crippen molar-refractivity contribution in [2.45, 2.75) is 40.7 Å². The molecule has 0 saturated heterocycles. The number of anilines is 2. The van der Waals surface area contributed by atoms with Crippen molar-refractivity contribution in [2.24, 2.45) is 5.41 Å². The average Bonchev–Trinajstić information content (AvgIpc) is 2.25. The summed E-state index contributed by atoms with van der Waals surface area (Å²) in [5, 5.41) is 2.93. The first-order valence-electron chi connectivity index (χ1n) is 6.53. The number of aromatic nitrogens is 3. The van der Waals surface area contributed by atoms with Crippen LogP contribution in [0.3, 0.4) is 0 Å². The molecule has 0 aliphatic rings. The average molecular weight is 267 g/mol. The van der Waals surface area contributed by atoms with Crippen LogP contribution >= 0.6 is 0 Å². The van der Waals surface area contributed by atoms with Gasteiger partial charge in [0.25, 0.3) is 0 Å². The fourth-order valence-electron chi connectivity index (χ4n) is 1.67. The lowest BCUT2D eigenvalue weighted by molar-refractivity contribution is 0.222. The van der Waals surface area contributed by atoms with Crippen LogP contribution in [-0.2, 0) is 0 Å². The van der Waals surface area contributed by atoms with Crippen molar-refractivity contribution < 1.29 is 4.74 Å². The molecule has 1 heterocycles. The van der Waals surface area contributed by atoms with Gasteiger partial charge in [0.15, 0.2) is 0 Å². The van der Waals surface area contributed by atoms with Gasteiger partial charge in [-0.1, -0.05) is 20.8 Å². The highest BCUT2D eigenvalue weighted by atomic mass is 16.5. The van der Waals surface area contributed by atoms with E-state index in [1.54, 1.807) is 7.05 Å². The first-order valence-corrected chi connectivity index (χ1v) is 6.53. The number of hydrogen-bond acceptors (Lipinski definition) is 6.